The van der Waals surface area contributed by atoms with Crippen LogP contribution in [0.4, 0.5) is 0 Å². The number of aromatic amines is 1. The van der Waals surface area contributed by atoms with Crippen molar-refractivity contribution >= 4 is 16.8 Å². The monoisotopic (exact) mass is 334 g/mol. The van der Waals surface area contributed by atoms with Crippen LogP contribution < -0.4 is 5.32 Å². The summed E-state index contributed by atoms with van der Waals surface area (Å²) in [5.41, 5.74) is 3.25. The molecule has 0 spiro atoms. The van der Waals surface area contributed by atoms with Crippen LogP contribution in [0.1, 0.15) is 30.1 Å². The van der Waals surface area contributed by atoms with Gasteiger partial charge in [0.25, 0.3) is 0 Å². The third-order valence-electron chi connectivity index (χ3n) is 4.84. The van der Waals surface area contributed by atoms with E-state index in [4.69, 9.17) is 0 Å². The van der Waals surface area contributed by atoms with Crippen molar-refractivity contribution in [2.24, 2.45) is 0 Å². The number of rotatable bonds is 6. The quantitative estimate of drug-likeness (QED) is 0.728. The first-order valence-corrected chi connectivity index (χ1v) is 8.79. The van der Waals surface area contributed by atoms with Crippen molar-refractivity contribution in [2.45, 2.75) is 25.4 Å². The summed E-state index contributed by atoms with van der Waals surface area (Å²) in [5.74, 6) is 0.259. The lowest BCUT2D eigenvalue weighted by atomic mass is 10.1. The van der Waals surface area contributed by atoms with Crippen LogP contribution in [0.2, 0.25) is 0 Å². The number of fused-ring (bicyclic) bond motifs is 1. The summed E-state index contributed by atoms with van der Waals surface area (Å²) < 4.78 is 0. The number of nitrogens with zero attached hydrogens (tertiary/aromatic N) is 2. The van der Waals surface area contributed by atoms with Gasteiger partial charge in [-0.2, -0.15) is 5.10 Å². The van der Waals surface area contributed by atoms with E-state index in [1.165, 1.54) is 5.56 Å². The molecule has 3 aromatic rings. The first-order chi connectivity index (χ1) is 12.3. The Kier molecular flexibility index (Phi) is 4.48. The topological polar surface area (TPSA) is 61.0 Å². The van der Waals surface area contributed by atoms with E-state index in [0.717, 1.165) is 29.6 Å². The maximum absolute atomic E-state index is 12.0. The molecule has 2 heterocycles. The van der Waals surface area contributed by atoms with Gasteiger partial charge in [0.05, 0.1) is 17.3 Å². The molecule has 0 saturated carbocycles. The van der Waals surface area contributed by atoms with Gasteiger partial charge in [-0.1, -0.05) is 48.5 Å². The van der Waals surface area contributed by atoms with Crippen LogP contribution in [0.15, 0.2) is 54.6 Å². The molecule has 5 heteroatoms. The molecule has 2 N–H and O–H groups in total. The summed E-state index contributed by atoms with van der Waals surface area (Å²) in [5, 5.41) is 12.2. The zero-order chi connectivity index (χ0) is 17.1. The van der Waals surface area contributed by atoms with Gasteiger partial charge >= 0.3 is 0 Å². The Hall–Kier alpha value is -2.66. The van der Waals surface area contributed by atoms with Gasteiger partial charge in [0, 0.05) is 31.4 Å². The van der Waals surface area contributed by atoms with Crippen molar-refractivity contribution < 1.29 is 4.79 Å². The van der Waals surface area contributed by atoms with Crippen molar-refractivity contribution in [3.8, 4) is 0 Å². The Morgan fingerprint density at radius 1 is 1.12 bits per heavy atom. The highest BCUT2D eigenvalue weighted by molar-refractivity contribution is 5.81. The Labute approximate surface area is 147 Å². The van der Waals surface area contributed by atoms with Crippen molar-refractivity contribution in [2.75, 3.05) is 13.1 Å². The van der Waals surface area contributed by atoms with Crippen LogP contribution in [-0.2, 0) is 11.3 Å². The van der Waals surface area contributed by atoms with Crippen molar-refractivity contribution in [1.29, 1.82) is 0 Å². The van der Waals surface area contributed by atoms with Crippen LogP contribution in [0.3, 0.4) is 0 Å². The normalized spacial score (nSPS) is 15.8. The molecular weight excluding hydrogens is 312 g/mol. The molecule has 1 fully saturated rings. The average molecular weight is 334 g/mol. The average Bonchev–Trinajstić information content (AvgIpc) is 3.25. The van der Waals surface area contributed by atoms with Gasteiger partial charge in [-0.25, -0.2) is 0 Å². The molecule has 0 aliphatic carbocycles. The van der Waals surface area contributed by atoms with Gasteiger partial charge in [-0.3, -0.25) is 9.89 Å². The van der Waals surface area contributed by atoms with E-state index in [0.29, 0.717) is 19.5 Å². The van der Waals surface area contributed by atoms with E-state index in [1.54, 1.807) is 0 Å². The first kappa shape index (κ1) is 15.8. The maximum atomic E-state index is 12.0. The molecule has 4 rings (SSSR count). The van der Waals surface area contributed by atoms with Gasteiger partial charge < -0.3 is 10.2 Å². The van der Waals surface area contributed by atoms with Gasteiger partial charge in [0.1, 0.15) is 0 Å². The number of carbonyl (C=O) groups is 1. The lowest BCUT2D eigenvalue weighted by molar-refractivity contribution is -0.128. The molecule has 0 bridgehead atoms. The van der Waals surface area contributed by atoms with E-state index in [-0.39, 0.29) is 11.9 Å². The summed E-state index contributed by atoms with van der Waals surface area (Å²) >= 11 is 0. The van der Waals surface area contributed by atoms with Gasteiger partial charge in [0.15, 0.2) is 0 Å². The molecule has 1 aliphatic rings. The SMILES string of the molecule is O=C1CCCN1CC(NCc1[nH]nc2ccccc12)c1ccccc1. The summed E-state index contributed by atoms with van der Waals surface area (Å²) in [6, 6.07) is 18.5. The molecule has 1 amide bonds. The van der Waals surface area contributed by atoms with Crippen LogP contribution in [0, 0.1) is 0 Å². The fourth-order valence-electron chi connectivity index (χ4n) is 3.46. The summed E-state index contributed by atoms with van der Waals surface area (Å²) in [6.45, 7) is 2.24. The Morgan fingerprint density at radius 3 is 2.72 bits per heavy atom. The van der Waals surface area contributed by atoms with Crippen molar-refractivity contribution in [3.63, 3.8) is 0 Å². The number of benzene rings is 2. The maximum Gasteiger partial charge on any atom is 0.222 e. The molecule has 128 valence electrons. The number of amides is 1. The van der Waals surface area contributed by atoms with E-state index in [2.05, 4.69) is 33.7 Å². The van der Waals surface area contributed by atoms with Crippen LogP contribution in [-0.4, -0.2) is 34.1 Å². The number of likely N-dealkylation sites (tertiary alicyclic amines) is 1. The predicted molar refractivity (Wildman–Crippen MR) is 97.9 cm³/mol. The van der Waals surface area contributed by atoms with E-state index >= 15 is 0 Å². The number of nitrogens with one attached hydrogen (secondary N) is 2. The van der Waals surface area contributed by atoms with Crippen molar-refractivity contribution in [3.05, 3.63) is 65.9 Å². The van der Waals surface area contributed by atoms with Gasteiger partial charge in [-0.15, -0.1) is 0 Å². The zero-order valence-electron chi connectivity index (χ0n) is 14.1. The minimum absolute atomic E-state index is 0.102. The smallest absolute Gasteiger partial charge is 0.222 e. The van der Waals surface area contributed by atoms with Gasteiger partial charge in [-0.05, 0) is 18.1 Å². The molecule has 5 nitrogen and oxygen atoms in total. The third kappa shape index (κ3) is 3.42. The number of carbonyl (C=O) groups excluding carboxylic acids is 1. The number of hydrogen-bond acceptors (Lipinski definition) is 3. The molecule has 0 radical (unpaired) electrons. The summed E-state index contributed by atoms with van der Waals surface area (Å²) in [7, 11) is 0. The fraction of sp³-hybridized carbons (Fsp3) is 0.300. The first-order valence-electron chi connectivity index (χ1n) is 8.79. The van der Waals surface area contributed by atoms with Gasteiger partial charge in [0.2, 0.25) is 5.91 Å². The highest BCUT2D eigenvalue weighted by Gasteiger charge is 2.24. The van der Waals surface area contributed by atoms with Crippen LogP contribution >= 0.6 is 0 Å². The summed E-state index contributed by atoms with van der Waals surface area (Å²) in [6.07, 6.45) is 1.64. The van der Waals surface area contributed by atoms with E-state index in [1.807, 2.05) is 41.3 Å². The predicted octanol–water partition coefficient (Wildman–Crippen LogP) is 3.02. The number of aromatic nitrogens is 2. The fourth-order valence-corrected chi connectivity index (χ4v) is 3.46. The number of hydrogen-bond donors (Lipinski definition) is 2. The van der Waals surface area contributed by atoms with Crippen molar-refractivity contribution in [1.82, 2.24) is 20.4 Å². The molecule has 1 aromatic heterocycles. The summed E-state index contributed by atoms with van der Waals surface area (Å²) in [4.78, 5) is 14.0. The zero-order valence-corrected chi connectivity index (χ0v) is 14.1. The Bertz CT molecular complexity index is 858. The highest BCUT2D eigenvalue weighted by Crippen LogP contribution is 2.20. The standard InChI is InChI=1S/C20H22N4O/c25-20-11-6-12-24(20)14-19(15-7-2-1-3-8-15)21-13-18-16-9-4-5-10-17(16)22-23-18/h1-5,7-10,19,21H,6,11-14H2,(H,22,23). The molecule has 1 saturated heterocycles. The third-order valence-corrected chi connectivity index (χ3v) is 4.84. The van der Waals surface area contributed by atoms with E-state index in [9.17, 15) is 4.79 Å². The molecular formula is C20H22N4O. The molecule has 1 atom stereocenters. The minimum atomic E-state index is 0.102. The Morgan fingerprint density at radius 2 is 1.92 bits per heavy atom. The molecule has 1 unspecified atom stereocenters. The minimum Gasteiger partial charge on any atom is -0.341 e. The molecule has 2 aromatic carbocycles. The lowest BCUT2D eigenvalue weighted by Gasteiger charge is -2.25. The largest absolute Gasteiger partial charge is 0.341 e. The second-order valence-corrected chi connectivity index (χ2v) is 6.51. The second-order valence-electron chi connectivity index (χ2n) is 6.51. The lowest BCUT2D eigenvalue weighted by Crippen LogP contribution is -2.35. The van der Waals surface area contributed by atoms with E-state index < -0.39 is 0 Å². The molecule has 25 heavy (non-hydrogen) atoms. The second kappa shape index (κ2) is 7.07. The molecule has 1 aliphatic heterocycles. The number of para-hydroxylation sites is 1. The van der Waals surface area contributed by atoms with Crippen LogP contribution in [0.5, 0.6) is 0 Å². The van der Waals surface area contributed by atoms with Crippen LogP contribution in [0.25, 0.3) is 10.9 Å². The highest BCUT2D eigenvalue weighted by atomic mass is 16.2. The Balaban J connectivity index is 1.52. The number of H-pyrrole nitrogens is 1.